The summed E-state index contributed by atoms with van der Waals surface area (Å²) in [5.41, 5.74) is 9.24. The molecule has 2 heterocycles. The van der Waals surface area contributed by atoms with Crippen molar-refractivity contribution in [2.75, 3.05) is 0 Å². The monoisotopic (exact) mass is 266 g/mol. The van der Waals surface area contributed by atoms with Crippen molar-refractivity contribution in [1.29, 1.82) is 0 Å². The van der Waals surface area contributed by atoms with Crippen LogP contribution in [-0.4, -0.2) is 25.2 Å². The van der Waals surface area contributed by atoms with Crippen LogP contribution in [0.1, 0.15) is 11.3 Å². The van der Waals surface area contributed by atoms with Crippen LogP contribution in [-0.2, 0) is 6.54 Å². The number of tetrazole rings is 1. The molecule has 0 aliphatic carbocycles. The summed E-state index contributed by atoms with van der Waals surface area (Å²) in [6.07, 6.45) is 1.75. The van der Waals surface area contributed by atoms with Crippen LogP contribution in [0.15, 0.2) is 42.6 Å². The van der Waals surface area contributed by atoms with Gasteiger partial charge in [0.15, 0.2) is 0 Å². The lowest BCUT2D eigenvalue weighted by molar-refractivity contribution is 0.708. The number of hydrogen-bond acceptors (Lipinski definition) is 5. The Hall–Kier alpha value is -2.60. The maximum absolute atomic E-state index is 5.73. The summed E-state index contributed by atoms with van der Waals surface area (Å²) in [5.74, 6) is 0.586. The van der Waals surface area contributed by atoms with E-state index in [1.807, 2.05) is 43.3 Å². The van der Waals surface area contributed by atoms with Gasteiger partial charge in [-0.15, -0.1) is 15.0 Å². The van der Waals surface area contributed by atoms with Gasteiger partial charge in [0.1, 0.15) is 0 Å². The van der Waals surface area contributed by atoms with Crippen LogP contribution in [0.5, 0.6) is 0 Å². The molecule has 6 heteroatoms. The lowest BCUT2D eigenvalue weighted by Crippen LogP contribution is -2.08. The van der Waals surface area contributed by atoms with E-state index in [-0.39, 0.29) is 0 Å². The Balaban J connectivity index is 2.04. The van der Waals surface area contributed by atoms with E-state index >= 15 is 0 Å². The third-order valence-electron chi connectivity index (χ3n) is 2.98. The predicted octanol–water partition coefficient (Wildman–Crippen LogP) is 1.49. The molecular formula is C14H14N6. The third-order valence-corrected chi connectivity index (χ3v) is 2.98. The Kier molecular flexibility index (Phi) is 3.22. The Morgan fingerprint density at radius 3 is 2.75 bits per heavy atom. The predicted molar refractivity (Wildman–Crippen MR) is 75.0 cm³/mol. The van der Waals surface area contributed by atoms with Gasteiger partial charge in [-0.2, -0.15) is 0 Å². The topological polar surface area (TPSA) is 82.5 Å². The number of hydrogen-bond donors (Lipinski definition) is 1. The standard InChI is InChI=1S/C14H14N6/c1-10-7-13(12(8-15)9-16-10)20-18-14(17-19-20)11-5-3-2-4-6-11/h2-7,9H,8,15H2,1H3. The van der Waals surface area contributed by atoms with Crippen molar-refractivity contribution < 1.29 is 0 Å². The van der Waals surface area contributed by atoms with Crippen molar-refractivity contribution in [3.8, 4) is 17.1 Å². The van der Waals surface area contributed by atoms with E-state index in [1.54, 1.807) is 6.20 Å². The number of rotatable bonds is 3. The quantitative estimate of drug-likeness (QED) is 0.776. The largest absolute Gasteiger partial charge is 0.326 e. The number of nitrogens with zero attached hydrogens (tertiary/aromatic N) is 5. The van der Waals surface area contributed by atoms with E-state index < -0.39 is 0 Å². The van der Waals surface area contributed by atoms with Crippen LogP contribution in [0.25, 0.3) is 17.1 Å². The molecular weight excluding hydrogens is 252 g/mol. The maximum atomic E-state index is 5.73. The van der Waals surface area contributed by atoms with Gasteiger partial charge < -0.3 is 5.73 Å². The summed E-state index contributed by atoms with van der Waals surface area (Å²) in [6.45, 7) is 2.30. The minimum Gasteiger partial charge on any atom is -0.326 e. The Labute approximate surface area is 116 Å². The molecule has 0 amide bonds. The molecule has 0 bridgehead atoms. The Bertz CT molecular complexity index is 720. The molecule has 3 aromatic rings. The highest BCUT2D eigenvalue weighted by molar-refractivity contribution is 5.53. The number of aryl methyl sites for hydroxylation is 1. The molecule has 2 N–H and O–H groups in total. The van der Waals surface area contributed by atoms with Crippen LogP contribution in [0, 0.1) is 6.92 Å². The molecule has 0 radical (unpaired) electrons. The van der Waals surface area contributed by atoms with Crippen LogP contribution in [0.2, 0.25) is 0 Å². The highest BCUT2D eigenvalue weighted by atomic mass is 15.6. The fraction of sp³-hybridized carbons (Fsp3) is 0.143. The van der Waals surface area contributed by atoms with Gasteiger partial charge in [-0.3, -0.25) is 4.98 Å². The van der Waals surface area contributed by atoms with E-state index in [0.717, 1.165) is 22.5 Å². The average Bonchev–Trinajstić information content (AvgIpc) is 2.98. The Morgan fingerprint density at radius 1 is 1.20 bits per heavy atom. The van der Waals surface area contributed by atoms with E-state index in [4.69, 9.17) is 5.73 Å². The van der Waals surface area contributed by atoms with Gasteiger partial charge in [0.25, 0.3) is 0 Å². The lowest BCUT2D eigenvalue weighted by Gasteiger charge is -2.05. The first-order chi connectivity index (χ1) is 9.78. The second kappa shape index (κ2) is 5.18. The molecule has 100 valence electrons. The molecule has 20 heavy (non-hydrogen) atoms. The molecule has 0 unspecified atom stereocenters. The van der Waals surface area contributed by atoms with Crippen LogP contribution in [0.4, 0.5) is 0 Å². The van der Waals surface area contributed by atoms with E-state index in [2.05, 4.69) is 20.4 Å². The molecule has 0 aliphatic heterocycles. The smallest absolute Gasteiger partial charge is 0.205 e. The van der Waals surface area contributed by atoms with Crippen molar-refractivity contribution in [3.05, 3.63) is 53.9 Å². The second-order valence-corrected chi connectivity index (χ2v) is 4.43. The lowest BCUT2D eigenvalue weighted by atomic mass is 10.2. The van der Waals surface area contributed by atoms with Gasteiger partial charge in [0.2, 0.25) is 5.82 Å². The minimum absolute atomic E-state index is 0.380. The van der Waals surface area contributed by atoms with Crippen molar-refractivity contribution in [2.24, 2.45) is 5.73 Å². The summed E-state index contributed by atoms with van der Waals surface area (Å²) in [4.78, 5) is 5.73. The summed E-state index contributed by atoms with van der Waals surface area (Å²) in [5, 5.41) is 12.6. The highest BCUT2D eigenvalue weighted by Gasteiger charge is 2.10. The maximum Gasteiger partial charge on any atom is 0.205 e. The average molecular weight is 266 g/mol. The van der Waals surface area contributed by atoms with Gasteiger partial charge in [0, 0.05) is 29.6 Å². The van der Waals surface area contributed by atoms with E-state index in [9.17, 15) is 0 Å². The molecule has 0 saturated heterocycles. The van der Waals surface area contributed by atoms with E-state index in [1.165, 1.54) is 4.80 Å². The van der Waals surface area contributed by atoms with Gasteiger partial charge in [0.05, 0.1) is 5.69 Å². The molecule has 0 spiro atoms. The highest BCUT2D eigenvalue weighted by Crippen LogP contribution is 2.16. The van der Waals surface area contributed by atoms with Gasteiger partial charge in [-0.05, 0) is 18.2 Å². The zero-order valence-corrected chi connectivity index (χ0v) is 11.1. The number of nitrogens with two attached hydrogens (primary N) is 1. The molecule has 0 fully saturated rings. The minimum atomic E-state index is 0.380. The summed E-state index contributed by atoms with van der Waals surface area (Å²) in [6, 6.07) is 11.6. The molecule has 6 nitrogen and oxygen atoms in total. The number of aromatic nitrogens is 5. The zero-order chi connectivity index (χ0) is 13.9. The van der Waals surface area contributed by atoms with Crippen molar-refractivity contribution in [1.82, 2.24) is 25.2 Å². The van der Waals surface area contributed by atoms with Crippen LogP contribution < -0.4 is 5.73 Å². The van der Waals surface area contributed by atoms with Crippen molar-refractivity contribution >= 4 is 0 Å². The molecule has 0 aliphatic rings. The van der Waals surface area contributed by atoms with Crippen LogP contribution in [0.3, 0.4) is 0 Å². The zero-order valence-electron chi connectivity index (χ0n) is 11.1. The summed E-state index contributed by atoms with van der Waals surface area (Å²) < 4.78 is 0. The number of pyridine rings is 1. The number of benzene rings is 1. The SMILES string of the molecule is Cc1cc(-n2nnc(-c3ccccc3)n2)c(CN)cn1. The van der Waals surface area contributed by atoms with Crippen molar-refractivity contribution in [3.63, 3.8) is 0 Å². The Morgan fingerprint density at radius 2 is 2.00 bits per heavy atom. The van der Waals surface area contributed by atoms with E-state index in [0.29, 0.717) is 12.4 Å². The third kappa shape index (κ3) is 2.28. The molecule has 2 aromatic heterocycles. The normalized spacial score (nSPS) is 10.7. The fourth-order valence-electron chi connectivity index (χ4n) is 1.94. The first-order valence-electron chi connectivity index (χ1n) is 6.29. The van der Waals surface area contributed by atoms with Gasteiger partial charge in [-0.25, -0.2) is 0 Å². The summed E-state index contributed by atoms with van der Waals surface area (Å²) in [7, 11) is 0. The molecule has 1 aromatic carbocycles. The first kappa shape index (κ1) is 12.4. The van der Waals surface area contributed by atoms with Crippen LogP contribution >= 0.6 is 0 Å². The molecule has 0 atom stereocenters. The summed E-state index contributed by atoms with van der Waals surface area (Å²) >= 11 is 0. The first-order valence-corrected chi connectivity index (χ1v) is 6.29. The molecule has 0 saturated carbocycles. The second-order valence-electron chi connectivity index (χ2n) is 4.43. The molecule has 3 rings (SSSR count). The fourth-order valence-corrected chi connectivity index (χ4v) is 1.94. The van der Waals surface area contributed by atoms with Crippen molar-refractivity contribution in [2.45, 2.75) is 13.5 Å². The van der Waals surface area contributed by atoms with Gasteiger partial charge >= 0.3 is 0 Å². The van der Waals surface area contributed by atoms with Gasteiger partial charge in [-0.1, -0.05) is 30.3 Å².